The number of hydrogen-bond acceptors (Lipinski definition) is 0. The fourth-order valence-corrected chi connectivity index (χ4v) is 2.46. The fraction of sp³-hybridized carbons (Fsp3) is 0.273. The summed E-state index contributed by atoms with van der Waals surface area (Å²) in [5.74, 6) is 0. The molecule has 0 aliphatic rings. The molecular formula is C11H14NS+. The summed E-state index contributed by atoms with van der Waals surface area (Å²) >= 11 is 0. The average Bonchev–Trinajstić information content (AvgIpc) is 2.46. The number of rotatable bonds is 1. The minimum atomic E-state index is 0.340. The van der Waals surface area contributed by atoms with Crippen LogP contribution in [0, 0.1) is 6.92 Å². The molecule has 0 aliphatic carbocycles. The van der Waals surface area contributed by atoms with Gasteiger partial charge in [0.1, 0.15) is 12.5 Å². The molecular weight excluding hydrogens is 178 g/mol. The Hall–Kier alpha value is -0.890. The number of H-pyrrole nitrogens is 1. The quantitative estimate of drug-likeness (QED) is 0.669. The van der Waals surface area contributed by atoms with Crippen molar-refractivity contribution in [2.75, 3.05) is 12.5 Å². The van der Waals surface area contributed by atoms with Crippen LogP contribution < -0.4 is 0 Å². The minimum absolute atomic E-state index is 0.340. The van der Waals surface area contributed by atoms with E-state index in [1.807, 2.05) is 0 Å². The molecule has 2 rings (SSSR count). The largest absolute Gasteiger partial charge is 0.357 e. The van der Waals surface area contributed by atoms with Crippen LogP contribution in [0.25, 0.3) is 10.9 Å². The zero-order valence-corrected chi connectivity index (χ0v) is 9.03. The maximum atomic E-state index is 3.32. The third-order valence-corrected chi connectivity index (χ3v) is 3.46. The topological polar surface area (TPSA) is 15.8 Å². The summed E-state index contributed by atoms with van der Waals surface area (Å²) in [4.78, 5) is 4.76. The highest BCUT2D eigenvalue weighted by Gasteiger charge is 2.14. The van der Waals surface area contributed by atoms with Gasteiger partial charge in [0.2, 0.25) is 0 Å². The average molecular weight is 192 g/mol. The zero-order valence-electron chi connectivity index (χ0n) is 8.22. The molecule has 2 aromatic rings. The third kappa shape index (κ3) is 1.46. The van der Waals surface area contributed by atoms with Crippen LogP contribution >= 0.6 is 0 Å². The lowest BCUT2D eigenvalue weighted by Gasteiger charge is -1.94. The van der Waals surface area contributed by atoms with E-state index in [1.54, 1.807) is 0 Å². The van der Waals surface area contributed by atoms with Gasteiger partial charge in [0, 0.05) is 10.9 Å². The van der Waals surface area contributed by atoms with Crippen molar-refractivity contribution in [3.8, 4) is 0 Å². The molecule has 1 heterocycles. The molecule has 0 fully saturated rings. The van der Waals surface area contributed by atoms with Gasteiger partial charge in [-0.3, -0.25) is 0 Å². The number of benzene rings is 1. The molecule has 0 saturated heterocycles. The second-order valence-electron chi connectivity index (χ2n) is 3.52. The van der Waals surface area contributed by atoms with Crippen LogP contribution in [-0.4, -0.2) is 17.5 Å². The van der Waals surface area contributed by atoms with Gasteiger partial charge >= 0.3 is 0 Å². The number of hydrogen-bond donors (Lipinski definition) is 1. The van der Waals surface area contributed by atoms with E-state index < -0.39 is 0 Å². The molecule has 0 bridgehead atoms. The molecule has 1 nitrogen and oxygen atoms in total. The van der Waals surface area contributed by atoms with Crippen LogP contribution in [0.15, 0.2) is 29.3 Å². The number of nitrogens with one attached hydrogen (secondary N) is 1. The van der Waals surface area contributed by atoms with Crippen molar-refractivity contribution >= 4 is 21.8 Å². The van der Waals surface area contributed by atoms with Crippen LogP contribution in [0.3, 0.4) is 0 Å². The zero-order chi connectivity index (χ0) is 9.42. The monoisotopic (exact) mass is 192 g/mol. The third-order valence-electron chi connectivity index (χ3n) is 2.24. The van der Waals surface area contributed by atoms with Gasteiger partial charge < -0.3 is 4.98 Å². The van der Waals surface area contributed by atoms with Crippen LogP contribution in [0.1, 0.15) is 5.56 Å². The van der Waals surface area contributed by atoms with Crippen molar-refractivity contribution in [3.63, 3.8) is 0 Å². The van der Waals surface area contributed by atoms with E-state index in [0.717, 1.165) is 0 Å². The molecule has 0 aliphatic heterocycles. The van der Waals surface area contributed by atoms with Crippen molar-refractivity contribution in [1.82, 2.24) is 4.98 Å². The van der Waals surface area contributed by atoms with Crippen molar-refractivity contribution in [2.24, 2.45) is 0 Å². The van der Waals surface area contributed by atoms with Crippen LogP contribution in [0.5, 0.6) is 0 Å². The molecule has 0 spiro atoms. The summed E-state index contributed by atoms with van der Waals surface area (Å²) in [7, 11) is 0.340. The highest BCUT2D eigenvalue weighted by molar-refractivity contribution is 7.95. The van der Waals surface area contributed by atoms with E-state index in [-0.39, 0.29) is 0 Å². The molecule has 0 radical (unpaired) electrons. The van der Waals surface area contributed by atoms with Crippen molar-refractivity contribution in [1.29, 1.82) is 0 Å². The Kier molecular flexibility index (Phi) is 2.08. The molecule has 2 heteroatoms. The molecule has 1 aromatic carbocycles. The molecule has 0 saturated carbocycles. The van der Waals surface area contributed by atoms with Crippen molar-refractivity contribution in [2.45, 2.75) is 11.8 Å². The molecule has 0 atom stereocenters. The van der Waals surface area contributed by atoms with E-state index in [9.17, 15) is 0 Å². The molecule has 68 valence electrons. The Morgan fingerprint density at radius 2 is 2.00 bits per heavy atom. The Balaban J connectivity index is 2.69. The maximum Gasteiger partial charge on any atom is 0.179 e. The molecule has 0 amide bonds. The standard InChI is InChI=1S/C11H14NS/c1-8-4-5-9-10(6-8)12-7-11(9)13(2)3/h4-7,12H,1-3H3/q+1. The van der Waals surface area contributed by atoms with E-state index in [4.69, 9.17) is 0 Å². The Labute approximate surface area is 81.5 Å². The van der Waals surface area contributed by atoms with Crippen molar-refractivity contribution in [3.05, 3.63) is 30.0 Å². The van der Waals surface area contributed by atoms with E-state index >= 15 is 0 Å². The van der Waals surface area contributed by atoms with Crippen LogP contribution in [0.4, 0.5) is 0 Å². The lowest BCUT2D eigenvalue weighted by atomic mass is 10.2. The molecule has 0 unspecified atom stereocenters. The minimum Gasteiger partial charge on any atom is -0.357 e. The van der Waals surface area contributed by atoms with Gasteiger partial charge in [-0.1, -0.05) is 6.07 Å². The predicted molar refractivity (Wildman–Crippen MR) is 60.5 cm³/mol. The first-order chi connectivity index (χ1) is 6.18. The summed E-state index contributed by atoms with van der Waals surface area (Å²) in [5, 5.41) is 1.37. The second-order valence-corrected chi connectivity index (χ2v) is 5.59. The lowest BCUT2D eigenvalue weighted by Crippen LogP contribution is -1.93. The van der Waals surface area contributed by atoms with Gasteiger partial charge in [-0.05, 0) is 24.6 Å². The highest BCUT2D eigenvalue weighted by Crippen LogP contribution is 2.23. The highest BCUT2D eigenvalue weighted by atomic mass is 32.2. The van der Waals surface area contributed by atoms with Gasteiger partial charge in [0.15, 0.2) is 4.90 Å². The normalized spacial score (nSPS) is 11.4. The number of aromatic nitrogens is 1. The van der Waals surface area contributed by atoms with Gasteiger partial charge in [0.25, 0.3) is 0 Å². The summed E-state index contributed by atoms with van der Waals surface area (Å²) in [6.45, 7) is 2.12. The molecule has 1 aromatic heterocycles. The van der Waals surface area contributed by atoms with Gasteiger partial charge in [-0.25, -0.2) is 0 Å². The number of fused-ring (bicyclic) bond motifs is 1. The van der Waals surface area contributed by atoms with Gasteiger partial charge in [-0.2, -0.15) is 0 Å². The Morgan fingerprint density at radius 1 is 1.23 bits per heavy atom. The second kappa shape index (κ2) is 3.11. The van der Waals surface area contributed by atoms with E-state index in [0.29, 0.717) is 10.9 Å². The molecule has 13 heavy (non-hydrogen) atoms. The first-order valence-electron chi connectivity index (χ1n) is 4.34. The summed E-state index contributed by atoms with van der Waals surface area (Å²) in [6.07, 6.45) is 6.64. The fourth-order valence-electron chi connectivity index (χ4n) is 1.55. The van der Waals surface area contributed by atoms with E-state index in [2.05, 4.69) is 48.8 Å². The van der Waals surface area contributed by atoms with Gasteiger partial charge in [-0.15, -0.1) is 0 Å². The maximum absolute atomic E-state index is 3.32. The lowest BCUT2D eigenvalue weighted by molar-refractivity contribution is 1.40. The Bertz CT molecular complexity index is 429. The van der Waals surface area contributed by atoms with Crippen LogP contribution in [0.2, 0.25) is 0 Å². The molecule has 1 N–H and O–H groups in total. The number of aryl methyl sites for hydroxylation is 1. The first kappa shape index (κ1) is 8.70. The smallest absolute Gasteiger partial charge is 0.179 e. The summed E-state index contributed by atoms with van der Waals surface area (Å²) < 4.78 is 0. The summed E-state index contributed by atoms with van der Waals surface area (Å²) in [6, 6.07) is 6.59. The van der Waals surface area contributed by atoms with Gasteiger partial charge in [0.05, 0.1) is 17.1 Å². The SMILES string of the molecule is Cc1ccc2c([S+](C)C)c[nH]c2c1. The van der Waals surface area contributed by atoms with Crippen molar-refractivity contribution < 1.29 is 0 Å². The Morgan fingerprint density at radius 3 is 2.69 bits per heavy atom. The van der Waals surface area contributed by atoms with Crippen LogP contribution in [-0.2, 0) is 10.9 Å². The summed E-state index contributed by atoms with van der Waals surface area (Å²) in [5.41, 5.74) is 2.57. The first-order valence-corrected chi connectivity index (χ1v) is 6.38. The van der Waals surface area contributed by atoms with E-state index in [1.165, 1.54) is 21.4 Å². The number of aromatic amines is 1. The predicted octanol–water partition coefficient (Wildman–Crippen LogP) is 2.71.